The van der Waals surface area contributed by atoms with Crippen LogP contribution in [0.2, 0.25) is 0 Å². The minimum absolute atomic E-state index is 0.150. The summed E-state index contributed by atoms with van der Waals surface area (Å²) in [5.41, 5.74) is 3.97. The SMILES string of the molecule is COc1ccc2c(C)c(CCC(=O)Nc3cccc4[nH]ccc34)c(=O)oc2c1C. The van der Waals surface area contributed by atoms with Crippen LogP contribution in [0.25, 0.3) is 21.9 Å². The van der Waals surface area contributed by atoms with Crippen molar-refractivity contribution in [1.29, 1.82) is 0 Å². The standard InChI is InChI=1S/C23H22N2O4/c1-13-15-7-9-20(28-3)14(2)22(15)29-23(27)16(13)8-10-21(26)25-19-6-4-5-18-17(19)11-12-24-18/h4-7,9,11-12,24H,8,10H2,1-3H3,(H,25,26). The molecule has 6 nitrogen and oxygen atoms in total. The summed E-state index contributed by atoms with van der Waals surface area (Å²) < 4.78 is 10.9. The van der Waals surface area contributed by atoms with Crippen molar-refractivity contribution < 1.29 is 13.9 Å². The van der Waals surface area contributed by atoms with E-state index in [1.54, 1.807) is 7.11 Å². The van der Waals surface area contributed by atoms with E-state index in [0.717, 1.165) is 33.1 Å². The first-order chi connectivity index (χ1) is 14.0. The molecule has 0 bridgehead atoms. The molecule has 2 aromatic carbocycles. The smallest absolute Gasteiger partial charge is 0.339 e. The van der Waals surface area contributed by atoms with E-state index in [1.165, 1.54) is 0 Å². The molecule has 0 aliphatic rings. The Morgan fingerprint density at radius 1 is 1.10 bits per heavy atom. The van der Waals surface area contributed by atoms with Gasteiger partial charge in [-0.05, 0) is 56.2 Å². The maximum Gasteiger partial charge on any atom is 0.339 e. The summed E-state index contributed by atoms with van der Waals surface area (Å²) in [4.78, 5) is 28.2. The van der Waals surface area contributed by atoms with Gasteiger partial charge in [-0.15, -0.1) is 0 Å². The van der Waals surface area contributed by atoms with Crippen LogP contribution in [-0.2, 0) is 11.2 Å². The minimum Gasteiger partial charge on any atom is -0.496 e. The van der Waals surface area contributed by atoms with E-state index in [4.69, 9.17) is 9.15 Å². The zero-order valence-corrected chi connectivity index (χ0v) is 16.6. The quantitative estimate of drug-likeness (QED) is 0.493. The third-order valence-corrected chi connectivity index (χ3v) is 5.35. The summed E-state index contributed by atoms with van der Waals surface area (Å²) in [5.74, 6) is 0.523. The number of rotatable bonds is 5. The maximum absolute atomic E-state index is 12.6. The fourth-order valence-corrected chi connectivity index (χ4v) is 3.73. The Morgan fingerprint density at radius 3 is 2.72 bits per heavy atom. The van der Waals surface area contributed by atoms with Crippen molar-refractivity contribution in [3.63, 3.8) is 0 Å². The topological polar surface area (TPSA) is 84.3 Å². The van der Waals surface area contributed by atoms with Gasteiger partial charge in [-0.25, -0.2) is 4.79 Å². The van der Waals surface area contributed by atoms with Gasteiger partial charge in [0.15, 0.2) is 0 Å². The molecule has 0 spiro atoms. The predicted octanol–water partition coefficient (Wildman–Crippen LogP) is 4.47. The number of H-pyrrole nitrogens is 1. The molecule has 2 heterocycles. The molecule has 0 radical (unpaired) electrons. The lowest BCUT2D eigenvalue weighted by molar-refractivity contribution is -0.116. The third kappa shape index (κ3) is 3.38. The van der Waals surface area contributed by atoms with Crippen molar-refractivity contribution in [2.75, 3.05) is 12.4 Å². The number of ether oxygens (including phenoxy) is 1. The van der Waals surface area contributed by atoms with Crippen LogP contribution in [0, 0.1) is 13.8 Å². The number of benzene rings is 2. The first-order valence-electron chi connectivity index (χ1n) is 9.45. The number of fused-ring (bicyclic) bond motifs is 2. The lowest BCUT2D eigenvalue weighted by Crippen LogP contribution is -2.17. The van der Waals surface area contributed by atoms with E-state index in [1.807, 2.05) is 56.4 Å². The number of aromatic nitrogens is 1. The maximum atomic E-state index is 12.6. The van der Waals surface area contributed by atoms with Crippen LogP contribution in [0.5, 0.6) is 5.75 Å². The number of aryl methyl sites for hydroxylation is 2. The highest BCUT2D eigenvalue weighted by atomic mass is 16.5. The number of hydrogen-bond acceptors (Lipinski definition) is 4. The Morgan fingerprint density at radius 2 is 1.93 bits per heavy atom. The summed E-state index contributed by atoms with van der Waals surface area (Å²) >= 11 is 0. The molecule has 2 N–H and O–H groups in total. The van der Waals surface area contributed by atoms with E-state index in [2.05, 4.69) is 10.3 Å². The van der Waals surface area contributed by atoms with Crippen molar-refractivity contribution in [2.24, 2.45) is 0 Å². The van der Waals surface area contributed by atoms with E-state index >= 15 is 0 Å². The van der Waals surface area contributed by atoms with E-state index < -0.39 is 5.63 Å². The van der Waals surface area contributed by atoms with Gasteiger partial charge in [0.2, 0.25) is 5.91 Å². The number of carbonyl (C=O) groups is 1. The minimum atomic E-state index is -0.410. The second kappa shape index (κ2) is 7.47. The molecule has 0 saturated carbocycles. The summed E-state index contributed by atoms with van der Waals surface area (Å²) in [7, 11) is 1.58. The molecule has 29 heavy (non-hydrogen) atoms. The summed E-state index contributed by atoms with van der Waals surface area (Å²) in [6, 6.07) is 11.4. The molecule has 0 fully saturated rings. The zero-order valence-electron chi connectivity index (χ0n) is 16.6. The van der Waals surface area contributed by atoms with Gasteiger partial charge in [0.05, 0.1) is 12.8 Å². The highest BCUT2D eigenvalue weighted by Gasteiger charge is 2.16. The van der Waals surface area contributed by atoms with E-state index in [9.17, 15) is 9.59 Å². The summed E-state index contributed by atoms with van der Waals surface area (Å²) in [6.07, 6.45) is 2.33. The normalized spacial score (nSPS) is 11.1. The molecule has 0 saturated heterocycles. The van der Waals surface area contributed by atoms with Crippen LogP contribution in [-0.4, -0.2) is 18.0 Å². The van der Waals surface area contributed by atoms with Gasteiger partial charge in [0.25, 0.3) is 0 Å². The number of nitrogens with one attached hydrogen (secondary N) is 2. The number of hydrogen-bond donors (Lipinski definition) is 2. The van der Waals surface area contributed by atoms with E-state index in [0.29, 0.717) is 23.3 Å². The fraction of sp³-hybridized carbons (Fsp3) is 0.217. The lowest BCUT2D eigenvalue weighted by atomic mass is 10.00. The fourth-order valence-electron chi connectivity index (χ4n) is 3.73. The molecule has 4 aromatic rings. The number of anilines is 1. The van der Waals surface area contributed by atoms with Gasteiger partial charge in [0.1, 0.15) is 11.3 Å². The van der Waals surface area contributed by atoms with Crippen LogP contribution in [0.15, 0.2) is 51.8 Å². The predicted molar refractivity (Wildman–Crippen MR) is 114 cm³/mol. The van der Waals surface area contributed by atoms with Gasteiger partial charge in [-0.2, -0.15) is 0 Å². The van der Waals surface area contributed by atoms with E-state index in [-0.39, 0.29) is 12.3 Å². The van der Waals surface area contributed by atoms with Gasteiger partial charge in [-0.1, -0.05) is 6.07 Å². The molecule has 0 unspecified atom stereocenters. The number of amides is 1. The first-order valence-corrected chi connectivity index (χ1v) is 9.45. The Bertz CT molecular complexity index is 1280. The Labute approximate surface area is 167 Å². The van der Waals surface area contributed by atoms with Gasteiger partial charge >= 0.3 is 5.63 Å². The van der Waals surface area contributed by atoms with Crippen molar-refractivity contribution in [3.05, 3.63) is 69.7 Å². The van der Waals surface area contributed by atoms with Gasteiger partial charge in [0, 0.05) is 40.0 Å². The molecule has 0 atom stereocenters. The van der Waals surface area contributed by atoms with Gasteiger partial charge in [-0.3, -0.25) is 4.79 Å². The zero-order chi connectivity index (χ0) is 20.5. The first kappa shape index (κ1) is 18.8. The van der Waals surface area contributed by atoms with Crippen LogP contribution in [0.3, 0.4) is 0 Å². The second-order valence-corrected chi connectivity index (χ2v) is 7.06. The molecule has 148 valence electrons. The highest BCUT2D eigenvalue weighted by Crippen LogP contribution is 2.29. The molecule has 1 amide bonds. The molecular formula is C23H22N2O4. The monoisotopic (exact) mass is 390 g/mol. The van der Waals surface area contributed by atoms with Crippen molar-refractivity contribution >= 4 is 33.5 Å². The molecule has 6 heteroatoms. The average molecular weight is 390 g/mol. The largest absolute Gasteiger partial charge is 0.496 e. The number of methoxy groups -OCH3 is 1. The summed E-state index contributed by atoms with van der Waals surface area (Å²) in [5, 5.41) is 4.74. The van der Waals surface area contributed by atoms with Crippen LogP contribution in [0.4, 0.5) is 5.69 Å². The number of carbonyl (C=O) groups excluding carboxylic acids is 1. The lowest BCUT2D eigenvalue weighted by Gasteiger charge is -2.12. The van der Waals surface area contributed by atoms with Crippen LogP contribution >= 0.6 is 0 Å². The molecule has 2 aromatic heterocycles. The highest BCUT2D eigenvalue weighted by molar-refractivity contribution is 6.01. The van der Waals surface area contributed by atoms with Crippen LogP contribution in [0.1, 0.15) is 23.1 Å². The molecular weight excluding hydrogens is 368 g/mol. The number of aromatic amines is 1. The Hall–Kier alpha value is -3.54. The Balaban J connectivity index is 1.57. The van der Waals surface area contributed by atoms with Gasteiger partial charge < -0.3 is 19.5 Å². The average Bonchev–Trinajstić information content (AvgIpc) is 3.18. The third-order valence-electron chi connectivity index (χ3n) is 5.35. The molecule has 4 rings (SSSR count). The van der Waals surface area contributed by atoms with Crippen molar-refractivity contribution in [2.45, 2.75) is 26.7 Å². The molecule has 0 aliphatic heterocycles. The van der Waals surface area contributed by atoms with Crippen molar-refractivity contribution in [3.8, 4) is 5.75 Å². The second-order valence-electron chi connectivity index (χ2n) is 7.06. The summed E-state index contributed by atoms with van der Waals surface area (Å²) in [6.45, 7) is 3.75. The Kier molecular flexibility index (Phi) is 4.84. The van der Waals surface area contributed by atoms with Crippen LogP contribution < -0.4 is 15.7 Å². The van der Waals surface area contributed by atoms with Crippen molar-refractivity contribution in [1.82, 2.24) is 4.98 Å². The molecule has 0 aliphatic carbocycles.